The standard InChI is InChI=1S/C16H16N4/c1-11-7-8-13(12(2)9-11)10-17-20-16-18-14-5-3-4-6-15(14)19-16/h3-10H,1-2H3,(H2,18,19,20)/b17-10+. The first-order valence-corrected chi connectivity index (χ1v) is 6.53. The van der Waals surface area contributed by atoms with Crippen molar-refractivity contribution in [2.24, 2.45) is 5.10 Å². The molecule has 2 N–H and O–H groups in total. The summed E-state index contributed by atoms with van der Waals surface area (Å²) in [5.41, 5.74) is 8.41. The van der Waals surface area contributed by atoms with Crippen molar-refractivity contribution in [1.29, 1.82) is 0 Å². The van der Waals surface area contributed by atoms with E-state index >= 15 is 0 Å². The summed E-state index contributed by atoms with van der Waals surface area (Å²) in [5.74, 6) is 0.646. The summed E-state index contributed by atoms with van der Waals surface area (Å²) in [7, 11) is 0. The summed E-state index contributed by atoms with van der Waals surface area (Å²) in [6.45, 7) is 4.16. The minimum absolute atomic E-state index is 0.646. The minimum Gasteiger partial charge on any atom is -0.323 e. The van der Waals surface area contributed by atoms with Gasteiger partial charge in [-0.1, -0.05) is 35.9 Å². The quantitative estimate of drug-likeness (QED) is 0.560. The number of hydrazone groups is 1. The molecule has 0 atom stereocenters. The Morgan fingerprint density at radius 1 is 1.15 bits per heavy atom. The van der Waals surface area contributed by atoms with Crippen LogP contribution in [0, 0.1) is 13.8 Å². The molecule has 4 heteroatoms. The monoisotopic (exact) mass is 264 g/mol. The smallest absolute Gasteiger partial charge is 0.222 e. The number of hydrogen-bond donors (Lipinski definition) is 2. The van der Waals surface area contributed by atoms with Crippen molar-refractivity contribution in [3.8, 4) is 0 Å². The SMILES string of the molecule is Cc1ccc(/C=N/Nc2nc3ccccc3[nH]2)c(C)c1. The molecule has 20 heavy (non-hydrogen) atoms. The second-order valence-corrected chi connectivity index (χ2v) is 4.83. The zero-order valence-corrected chi connectivity index (χ0v) is 11.5. The summed E-state index contributed by atoms with van der Waals surface area (Å²) < 4.78 is 0. The molecule has 0 aliphatic carbocycles. The maximum Gasteiger partial charge on any atom is 0.222 e. The maximum absolute atomic E-state index is 4.40. The van der Waals surface area contributed by atoms with Crippen LogP contribution in [-0.2, 0) is 0 Å². The normalized spacial score (nSPS) is 11.3. The maximum atomic E-state index is 4.40. The number of aryl methyl sites for hydroxylation is 2. The number of hydrogen-bond acceptors (Lipinski definition) is 3. The highest BCUT2D eigenvalue weighted by Gasteiger charge is 1.99. The van der Waals surface area contributed by atoms with Crippen LogP contribution in [0.3, 0.4) is 0 Å². The highest BCUT2D eigenvalue weighted by Crippen LogP contribution is 2.13. The molecule has 100 valence electrons. The number of anilines is 1. The van der Waals surface area contributed by atoms with E-state index in [1.54, 1.807) is 0 Å². The number of nitrogens with one attached hydrogen (secondary N) is 2. The van der Waals surface area contributed by atoms with Crippen LogP contribution < -0.4 is 5.43 Å². The summed E-state index contributed by atoms with van der Waals surface area (Å²) in [6.07, 6.45) is 1.81. The first-order chi connectivity index (χ1) is 9.72. The van der Waals surface area contributed by atoms with Gasteiger partial charge in [0.15, 0.2) is 0 Å². The third-order valence-electron chi connectivity index (χ3n) is 3.19. The number of aromatic nitrogens is 2. The minimum atomic E-state index is 0.646. The molecule has 0 aliphatic heterocycles. The fourth-order valence-electron chi connectivity index (χ4n) is 2.14. The van der Waals surface area contributed by atoms with Crippen molar-refractivity contribution < 1.29 is 0 Å². The molecule has 0 amide bonds. The lowest BCUT2D eigenvalue weighted by Crippen LogP contribution is -1.94. The van der Waals surface area contributed by atoms with E-state index in [-0.39, 0.29) is 0 Å². The summed E-state index contributed by atoms with van der Waals surface area (Å²) in [6, 6.07) is 14.2. The number of rotatable bonds is 3. The van der Waals surface area contributed by atoms with Crippen molar-refractivity contribution in [2.45, 2.75) is 13.8 Å². The topological polar surface area (TPSA) is 53.1 Å². The highest BCUT2D eigenvalue weighted by molar-refractivity contribution is 5.82. The first kappa shape index (κ1) is 12.4. The average molecular weight is 264 g/mol. The van der Waals surface area contributed by atoms with E-state index in [0.717, 1.165) is 16.6 Å². The van der Waals surface area contributed by atoms with Gasteiger partial charge in [-0.05, 0) is 37.1 Å². The molecule has 2 aromatic carbocycles. The van der Waals surface area contributed by atoms with E-state index < -0.39 is 0 Å². The number of fused-ring (bicyclic) bond motifs is 1. The van der Waals surface area contributed by atoms with E-state index in [1.165, 1.54) is 11.1 Å². The molecular weight excluding hydrogens is 248 g/mol. The Morgan fingerprint density at radius 3 is 2.80 bits per heavy atom. The Kier molecular flexibility index (Phi) is 3.21. The number of nitrogens with zero attached hydrogens (tertiary/aromatic N) is 2. The van der Waals surface area contributed by atoms with Gasteiger partial charge in [-0.25, -0.2) is 10.4 Å². The van der Waals surface area contributed by atoms with Crippen molar-refractivity contribution in [1.82, 2.24) is 9.97 Å². The second-order valence-electron chi connectivity index (χ2n) is 4.83. The fourth-order valence-corrected chi connectivity index (χ4v) is 2.14. The molecule has 0 saturated heterocycles. The van der Waals surface area contributed by atoms with E-state index in [0.29, 0.717) is 5.95 Å². The van der Waals surface area contributed by atoms with Crippen LogP contribution in [0.4, 0.5) is 5.95 Å². The Labute approximate surface area is 117 Å². The largest absolute Gasteiger partial charge is 0.323 e. The predicted molar refractivity (Wildman–Crippen MR) is 83.2 cm³/mol. The second kappa shape index (κ2) is 5.17. The van der Waals surface area contributed by atoms with E-state index in [4.69, 9.17) is 0 Å². The van der Waals surface area contributed by atoms with Gasteiger partial charge in [0.05, 0.1) is 17.2 Å². The van der Waals surface area contributed by atoms with Gasteiger partial charge < -0.3 is 4.98 Å². The van der Waals surface area contributed by atoms with Crippen molar-refractivity contribution in [3.63, 3.8) is 0 Å². The zero-order chi connectivity index (χ0) is 13.9. The third kappa shape index (κ3) is 2.54. The molecule has 0 spiro atoms. The molecule has 1 heterocycles. The summed E-state index contributed by atoms with van der Waals surface area (Å²) in [5, 5.41) is 4.23. The molecule has 0 radical (unpaired) electrons. The highest BCUT2D eigenvalue weighted by atomic mass is 15.3. The number of benzene rings is 2. The van der Waals surface area contributed by atoms with Gasteiger partial charge in [-0.15, -0.1) is 0 Å². The average Bonchev–Trinajstić information content (AvgIpc) is 2.84. The fraction of sp³-hybridized carbons (Fsp3) is 0.125. The van der Waals surface area contributed by atoms with Crippen LogP contribution in [0.1, 0.15) is 16.7 Å². The van der Waals surface area contributed by atoms with E-state index in [9.17, 15) is 0 Å². The zero-order valence-electron chi connectivity index (χ0n) is 11.5. The Morgan fingerprint density at radius 2 is 2.00 bits per heavy atom. The van der Waals surface area contributed by atoms with Crippen LogP contribution in [-0.4, -0.2) is 16.2 Å². The lowest BCUT2D eigenvalue weighted by Gasteiger charge is -2.01. The summed E-state index contributed by atoms with van der Waals surface area (Å²) in [4.78, 5) is 7.57. The molecule has 0 bridgehead atoms. The van der Waals surface area contributed by atoms with Gasteiger partial charge in [0.1, 0.15) is 0 Å². The van der Waals surface area contributed by atoms with Crippen LogP contribution in [0.25, 0.3) is 11.0 Å². The molecule has 0 saturated carbocycles. The van der Waals surface area contributed by atoms with Gasteiger partial charge >= 0.3 is 0 Å². The molecule has 0 aliphatic rings. The molecule has 4 nitrogen and oxygen atoms in total. The van der Waals surface area contributed by atoms with Gasteiger partial charge in [0.2, 0.25) is 5.95 Å². The molecule has 3 rings (SSSR count). The van der Waals surface area contributed by atoms with Gasteiger partial charge in [-0.2, -0.15) is 5.10 Å². The lowest BCUT2D eigenvalue weighted by atomic mass is 10.1. The van der Waals surface area contributed by atoms with E-state index in [2.05, 4.69) is 52.5 Å². The van der Waals surface area contributed by atoms with Crippen LogP contribution in [0.2, 0.25) is 0 Å². The Hall–Kier alpha value is -2.62. The molecular formula is C16H16N4. The van der Waals surface area contributed by atoms with Gasteiger partial charge in [-0.3, -0.25) is 0 Å². The molecule has 0 fully saturated rings. The first-order valence-electron chi connectivity index (χ1n) is 6.53. The molecule has 1 aromatic heterocycles. The number of imidazole rings is 1. The number of para-hydroxylation sites is 2. The van der Waals surface area contributed by atoms with Crippen molar-refractivity contribution in [2.75, 3.05) is 5.43 Å². The summed E-state index contributed by atoms with van der Waals surface area (Å²) >= 11 is 0. The molecule has 0 unspecified atom stereocenters. The number of H-pyrrole nitrogens is 1. The lowest BCUT2D eigenvalue weighted by molar-refractivity contribution is 1.21. The Bertz CT molecular complexity index is 738. The van der Waals surface area contributed by atoms with E-state index in [1.807, 2.05) is 30.5 Å². The van der Waals surface area contributed by atoms with Crippen molar-refractivity contribution in [3.05, 3.63) is 59.2 Å². The Balaban J connectivity index is 1.76. The molecule has 3 aromatic rings. The third-order valence-corrected chi connectivity index (χ3v) is 3.19. The van der Waals surface area contributed by atoms with Crippen molar-refractivity contribution >= 4 is 23.2 Å². The van der Waals surface area contributed by atoms with Gasteiger partial charge in [0, 0.05) is 0 Å². The van der Waals surface area contributed by atoms with Crippen LogP contribution in [0.5, 0.6) is 0 Å². The van der Waals surface area contributed by atoms with Crippen LogP contribution in [0.15, 0.2) is 47.6 Å². The van der Waals surface area contributed by atoms with Crippen LogP contribution >= 0.6 is 0 Å². The number of aromatic amines is 1. The van der Waals surface area contributed by atoms with Gasteiger partial charge in [0.25, 0.3) is 0 Å². The predicted octanol–water partition coefficient (Wildman–Crippen LogP) is 3.63.